The van der Waals surface area contributed by atoms with E-state index in [4.69, 9.17) is 0 Å². The van der Waals surface area contributed by atoms with Crippen molar-refractivity contribution in [1.29, 1.82) is 0 Å². The summed E-state index contributed by atoms with van der Waals surface area (Å²) >= 11 is 1.42. The van der Waals surface area contributed by atoms with Crippen molar-refractivity contribution < 1.29 is 4.79 Å². The molecule has 2 heterocycles. The van der Waals surface area contributed by atoms with Crippen molar-refractivity contribution >= 4 is 28.3 Å². The summed E-state index contributed by atoms with van der Waals surface area (Å²) in [6, 6.07) is 7.77. The van der Waals surface area contributed by atoms with E-state index in [1.807, 2.05) is 55.1 Å². The SMILES string of the molecule is Cc1nsc(N2CCN(C(=O)c3cccc(N(C)C)c3)CC2)n1. The van der Waals surface area contributed by atoms with E-state index in [-0.39, 0.29) is 5.91 Å². The van der Waals surface area contributed by atoms with Crippen LogP contribution >= 0.6 is 11.5 Å². The van der Waals surface area contributed by atoms with E-state index in [0.717, 1.165) is 35.3 Å². The summed E-state index contributed by atoms with van der Waals surface area (Å²) in [4.78, 5) is 23.2. The van der Waals surface area contributed by atoms with Gasteiger partial charge in [0.25, 0.3) is 5.91 Å². The van der Waals surface area contributed by atoms with Gasteiger partial charge in [-0.15, -0.1) is 0 Å². The Morgan fingerprint density at radius 3 is 2.57 bits per heavy atom. The third-order valence-corrected chi connectivity index (χ3v) is 4.83. The predicted molar refractivity (Wildman–Crippen MR) is 93.5 cm³/mol. The zero-order chi connectivity index (χ0) is 16.4. The van der Waals surface area contributed by atoms with Crippen LogP contribution in [0.3, 0.4) is 0 Å². The molecule has 0 aliphatic carbocycles. The summed E-state index contributed by atoms with van der Waals surface area (Å²) in [5, 5.41) is 0.948. The summed E-state index contributed by atoms with van der Waals surface area (Å²) < 4.78 is 4.22. The fraction of sp³-hybridized carbons (Fsp3) is 0.438. The van der Waals surface area contributed by atoms with E-state index < -0.39 is 0 Å². The van der Waals surface area contributed by atoms with Crippen LogP contribution in [-0.2, 0) is 0 Å². The lowest BCUT2D eigenvalue weighted by atomic mass is 10.1. The highest BCUT2D eigenvalue weighted by Crippen LogP contribution is 2.20. The maximum atomic E-state index is 12.7. The summed E-state index contributed by atoms with van der Waals surface area (Å²) in [6.45, 7) is 4.92. The quantitative estimate of drug-likeness (QED) is 0.859. The van der Waals surface area contributed by atoms with Gasteiger partial charge in [-0.25, -0.2) is 4.98 Å². The first-order valence-electron chi connectivity index (χ1n) is 7.66. The maximum Gasteiger partial charge on any atom is 0.254 e. The van der Waals surface area contributed by atoms with Crippen molar-refractivity contribution in [2.45, 2.75) is 6.92 Å². The Bertz CT molecular complexity index is 691. The highest BCUT2D eigenvalue weighted by atomic mass is 32.1. The van der Waals surface area contributed by atoms with E-state index in [0.29, 0.717) is 13.1 Å². The van der Waals surface area contributed by atoms with Gasteiger partial charge < -0.3 is 14.7 Å². The van der Waals surface area contributed by atoms with Gasteiger partial charge in [0, 0.05) is 63.1 Å². The Morgan fingerprint density at radius 1 is 1.22 bits per heavy atom. The lowest BCUT2D eigenvalue weighted by Gasteiger charge is -2.34. The van der Waals surface area contributed by atoms with Gasteiger partial charge in [-0.3, -0.25) is 4.79 Å². The van der Waals surface area contributed by atoms with Crippen molar-refractivity contribution in [2.75, 3.05) is 50.1 Å². The van der Waals surface area contributed by atoms with Crippen molar-refractivity contribution in [3.63, 3.8) is 0 Å². The number of hydrogen-bond acceptors (Lipinski definition) is 6. The molecular formula is C16H21N5OS. The molecule has 1 amide bonds. The van der Waals surface area contributed by atoms with Crippen LogP contribution in [0, 0.1) is 6.92 Å². The lowest BCUT2D eigenvalue weighted by Crippen LogP contribution is -2.48. The minimum atomic E-state index is 0.0989. The summed E-state index contributed by atoms with van der Waals surface area (Å²) in [5.41, 5.74) is 1.79. The average Bonchev–Trinajstić information content (AvgIpc) is 3.01. The molecule has 7 heteroatoms. The second kappa shape index (κ2) is 6.54. The molecule has 0 atom stereocenters. The van der Waals surface area contributed by atoms with E-state index in [2.05, 4.69) is 14.3 Å². The topological polar surface area (TPSA) is 52.6 Å². The average molecular weight is 331 g/mol. The summed E-state index contributed by atoms with van der Waals surface area (Å²) in [5.74, 6) is 0.908. The molecule has 0 unspecified atom stereocenters. The highest BCUT2D eigenvalue weighted by Gasteiger charge is 2.24. The van der Waals surface area contributed by atoms with Crippen LogP contribution < -0.4 is 9.80 Å². The van der Waals surface area contributed by atoms with Gasteiger partial charge in [0.1, 0.15) is 5.82 Å². The molecule has 6 nitrogen and oxygen atoms in total. The first-order valence-corrected chi connectivity index (χ1v) is 8.44. The summed E-state index contributed by atoms with van der Waals surface area (Å²) in [6.07, 6.45) is 0. The van der Waals surface area contributed by atoms with Crippen LogP contribution in [0.25, 0.3) is 0 Å². The lowest BCUT2D eigenvalue weighted by molar-refractivity contribution is 0.0747. The molecule has 3 rings (SSSR count). The Balaban J connectivity index is 1.65. The Kier molecular flexibility index (Phi) is 4.47. The first kappa shape index (κ1) is 15.7. The maximum absolute atomic E-state index is 12.7. The molecule has 122 valence electrons. The fourth-order valence-electron chi connectivity index (χ4n) is 2.62. The smallest absolute Gasteiger partial charge is 0.254 e. The molecule has 1 aromatic carbocycles. The number of aryl methyl sites for hydroxylation is 1. The number of carbonyl (C=O) groups is 1. The highest BCUT2D eigenvalue weighted by molar-refractivity contribution is 7.09. The largest absolute Gasteiger partial charge is 0.378 e. The number of amides is 1. The van der Waals surface area contributed by atoms with Gasteiger partial charge in [-0.1, -0.05) is 6.07 Å². The van der Waals surface area contributed by atoms with Crippen LogP contribution in [0.5, 0.6) is 0 Å². The van der Waals surface area contributed by atoms with E-state index in [1.165, 1.54) is 11.5 Å². The molecule has 1 aromatic heterocycles. The summed E-state index contributed by atoms with van der Waals surface area (Å²) in [7, 11) is 3.96. The van der Waals surface area contributed by atoms with E-state index in [9.17, 15) is 4.79 Å². The molecular weight excluding hydrogens is 310 g/mol. The molecule has 1 fully saturated rings. The number of benzene rings is 1. The van der Waals surface area contributed by atoms with Gasteiger partial charge in [-0.2, -0.15) is 4.37 Å². The Hall–Kier alpha value is -2.15. The molecule has 0 N–H and O–H groups in total. The van der Waals surface area contributed by atoms with Crippen molar-refractivity contribution in [2.24, 2.45) is 0 Å². The molecule has 23 heavy (non-hydrogen) atoms. The van der Waals surface area contributed by atoms with Gasteiger partial charge in [-0.05, 0) is 25.1 Å². The Morgan fingerprint density at radius 2 is 1.96 bits per heavy atom. The molecule has 0 bridgehead atoms. The van der Waals surface area contributed by atoms with Crippen molar-refractivity contribution in [3.05, 3.63) is 35.7 Å². The minimum absolute atomic E-state index is 0.0989. The third-order valence-electron chi connectivity index (χ3n) is 3.96. The standard InChI is InChI=1S/C16H21N5OS/c1-12-17-16(23-18-12)21-9-7-20(8-10-21)15(22)13-5-4-6-14(11-13)19(2)3/h4-6,11H,7-10H2,1-3H3. The van der Waals surface area contributed by atoms with Crippen LogP contribution in [0.1, 0.15) is 16.2 Å². The number of rotatable bonds is 3. The predicted octanol–water partition coefficient (Wildman–Crippen LogP) is 1.87. The number of anilines is 2. The molecule has 0 saturated carbocycles. The van der Waals surface area contributed by atoms with Gasteiger partial charge in [0.2, 0.25) is 5.13 Å². The van der Waals surface area contributed by atoms with Gasteiger partial charge >= 0.3 is 0 Å². The minimum Gasteiger partial charge on any atom is -0.378 e. The van der Waals surface area contributed by atoms with Crippen LogP contribution in [0.2, 0.25) is 0 Å². The number of piperazine rings is 1. The van der Waals surface area contributed by atoms with Crippen LogP contribution in [0.4, 0.5) is 10.8 Å². The first-order chi connectivity index (χ1) is 11.0. The van der Waals surface area contributed by atoms with Gasteiger partial charge in [0.15, 0.2) is 0 Å². The zero-order valence-electron chi connectivity index (χ0n) is 13.7. The molecule has 2 aromatic rings. The molecule has 1 saturated heterocycles. The van der Waals surface area contributed by atoms with Crippen LogP contribution in [-0.4, -0.2) is 60.4 Å². The molecule has 1 aliphatic rings. The third kappa shape index (κ3) is 3.44. The monoisotopic (exact) mass is 331 g/mol. The second-order valence-corrected chi connectivity index (χ2v) is 6.58. The van der Waals surface area contributed by atoms with Crippen molar-refractivity contribution in [3.8, 4) is 0 Å². The number of nitrogens with zero attached hydrogens (tertiary/aromatic N) is 5. The Labute approximate surface area is 140 Å². The molecule has 0 spiro atoms. The second-order valence-electron chi connectivity index (χ2n) is 5.85. The van der Waals surface area contributed by atoms with E-state index in [1.54, 1.807) is 0 Å². The normalized spacial score (nSPS) is 14.9. The van der Waals surface area contributed by atoms with Gasteiger partial charge in [0.05, 0.1) is 0 Å². The van der Waals surface area contributed by atoms with Crippen LogP contribution in [0.15, 0.2) is 24.3 Å². The zero-order valence-corrected chi connectivity index (χ0v) is 14.5. The van der Waals surface area contributed by atoms with E-state index >= 15 is 0 Å². The number of hydrogen-bond donors (Lipinski definition) is 0. The molecule has 0 radical (unpaired) electrons. The number of carbonyl (C=O) groups excluding carboxylic acids is 1. The van der Waals surface area contributed by atoms with Crippen molar-refractivity contribution in [1.82, 2.24) is 14.3 Å². The molecule has 1 aliphatic heterocycles. The number of aromatic nitrogens is 2. The fourth-order valence-corrected chi connectivity index (χ4v) is 3.34.